The second kappa shape index (κ2) is 6.26. The highest BCUT2D eigenvalue weighted by molar-refractivity contribution is 9.10. The van der Waals surface area contributed by atoms with Gasteiger partial charge in [0.15, 0.2) is 0 Å². The third kappa shape index (κ3) is 2.89. The van der Waals surface area contributed by atoms with Gasteiger partial charge in [-0.1, -0.05) is 40.2 Å². The fraction of sp³-hybridized carbons (Fsp3) is 0.294. The smallest absolute Gasteiger partial charge is 0.128 e. The number of ether oxygens (including phenoxy) is 1. The summed E-state index contributed by atoms with van der Waals surface area (Å²) in [4.78, 5) is 0. The number of hydrogen-bond donors (Lipinski definition) is 1. The standard InChI is InChI=1S/C17H17BrFNO/c1-20-16(14-10-12(18)6-7-15(14)19)17-13-5-3-2-4-11(13)8-9-21-17/h2-7,10,16-17,20H,8-9H2,1H3. The molecule has 4 heteroatoms. The monoisotopic (exact) mass is 349 g/mol. The molecular formula is C17H17BrFNO. The van der Waals surface area contributed by atoms with Crippen molar-refractivity contribution in [3.8, 4) is 0 Å². The number of nitrogens with one attached hydrogen (secondary N) is 1. The van der Waals surface area contributed by atoms with Gasteiger partial charge in [-0.05, 0) is 42.8 Å². The Morgan fingerprint density at radius 1 is 1.29 bits per heavy atom. The molecule has 0 aromatic heterocycles. The predicted molar refractivity (Wildman–Crippen MR) is 84.7 cm³/mol. The molecule has 0 saturated carbocycles. The first-order valence-electron chi connectivity index (χ1n) is 7.02. The van der Waals surface area contributed by atoms with Gasteiger partial charge in [-0.2, -0.15) is 0 Å². The summed E-state index contributed by atoms with van der Waals surface area (Å²) in [5.74, 6) is -0.218. The minimum Gasteiger partial charge on any atom is -0.371 e. The number of hydrogen-bond acceptors (Lipinski definition) is 2. The molecule has 2 aromatic rings. The Balaban J connectivity index is 2.03. The normalized spacial score (nSPS) is 19.1. The zero-order valence-corrected chi connectivity index (χ0v) is 13.4. The summed E-state index contributed by atoms with van der Waals surface area (Å²) in [6.45, 7) is 0.662. The van der Waals surface area contributed by atoms with Gasteiger partial charge in [0.1, 0.15) is 11.9 Å². The fourth-order valence-corrected chi connectivity index (χ4v) is 3.30. The maximum atomic E-state index is 14.2. The molecule has 0 radical (unpaired) electrons. The van der Waals surface area contributed by atoms with E-state index >= 15 is 0 Å². The third-order valence-corrected chi connectivity index (χ3v) is 4.43. The Bertz CT molecular complexity index is 646. The molecule has 0 aliphatic carbocycles. The van der Waals surface area contributed by atoms with E-state index in [4.69, 9.17) is 4.74 Å². The molecule has 2 aromatic carbocycles. The quantitative estimate of drug-likeness (QED) is 0.898. The first-order valence-corrected chi connectivity index (χ1v) is 7.81. The predicted octanol–water partition coefficient (Wildman–Crippen LogP) is 4.16. The van der Waals surface area contributed by atoms with Crippen LogP contribution in [0.3, 0.4) is 0 Å². The zero-order valence-electron chi connectivity index (χ0n) is 11.8. The van der Waals surface area contributed by atoms with Crippen LogP contribution in [0.15, 0.2) is 46.9 Å². The van der Waals surface area contributed by atoms with E-state index in [2.05, 4.69) is 33.4 Å². The van der Waals surface area contributed by atoms with Gasteiger partial charge in [-0.3, -0.25) is 0 Å². The lowest BCUT2D eigenvalue weighted by Gasteiger charge is -2.33. The molecule has 0 saturated heterocycles. The zero-order chi connectivity index (χ0) is 14.8. The van der Waals surface area contributed by atoms with E-state index in [-0.39, 0.29) is 18.0 Å². The average molecular weight is 350 g/mol. The Hall–Kier alpha value is -1.23. The minimum absolute atomic E-state index is 0.177. The van der Waals surface area contributed by atoms with Crippen molar-refractivity contribution in [1.29, 1.82) is 0 Å². The number of fused-ring (bicyclic) bond motifs is 1. The van der Waals surface area contributed by atoms with Crippen molar-refractivity contribution >= 4 is 15.9 Å². The fourth-order valence-electron chi connectivity index (χ4n) is 2.92. The van der Waals surface area contributed by atoms with Gasteiger partial charge in [0.25, 0.3) is 0 Å². The van der Waals surface area contributed by atoms with Crippen molar-refractivity contribution < 1.29 is 9.13 Å². The Morgan fingerprint density at radius 3 is 2.90 bits per heavy atom. The molecule has 0 amide bonds. The molecule has 1 heterocycles. The van der Waals surface area contributed by atoms with Gasteiger partial charge in [0.2, 0.25) is 0 Å². The maximum Gasteiger partial charge on any atom is 0.128 e. The van der Waals surface area contributed by atoms with Gasteiger partial charge in [0, 0.05) is 10.0 Å². The average Bonchev–Trinajstić information content (AvgIpc) is 2.51. The van der Waals surface area contributed by atoms with E-state index in [0.29, 0.717) is 12.2 Å². The molecule has 1 aliphatic heterocycles. The Morgan fingerprint density at radius 2 is 2.10 bits per heavy atom. The van der Waals surface area contributed by atoms with Gasteiger partial charge < -0.3 is 10.1 Å². The van der Waals surface area contributed by atoms with Crippen LogP contribution in [-0.2, 0) is 11.2 Å². The topological polar surface area (TPSA) is 21.3 Å². The van der Waals surface area contributed by atoms with Crippen molar-refractivity contribution in [2.45, 2.75) is 18.6 Å². The number of likely N-dealkylation sites (N-methyl/N-ethyl adjacent to an activating group) is 1. The molecule has 1 N–H and O–H groups in total. The highest BCUT2D eigenvalue weighted by atomic mass is 79.9. The van der Waals surface area contributed by atoms with Crippen LogP contribution in [-0.4, -0.2) is 13.7 Å². The second-order valence-corrected chi connectivity index (χ2v) is 6.09. The molecule has 2 atom stereocenters. The SMILES string of the molecule is CNC(c1cc(Br)ccc1F)C1OCCc2ccccc21. The Kier molecular flexibility index (Phi) is 4.38. The molecule has 2 nitrogen and oxygen atoms in total. The van der Waals surface area contributed by atoms with Crippen molar-refractivity contribution in [2.24, 2.45) is 0 Å². The van der Waals surface area contributed by atoms with Crippen LogP contribution < -0.4 is 5.32 Å². The molecule has 110 valence electrons. The summed E-state index contributed by atoms with van der Waals surface area (Å²) in [6.07, 6.45) is 0.730. The number of rotatable bonds is 3. The minimum atomic E-state index is -0.219. The number of benzene rings is 2. The molecule has 21 heavy (non-hydrogen) atoms. The van der Waals surface area contributed by atoms with Crippen molar-refractivity contribution in [2.75, 3.05) is 13.7 Å². The van der Waals surface area contributed by atoms with Crippen LogP contribution in [0.4, 0.5) is 4.39 Å². The van der Waals surface area contributed by atoms with Gasteiger partial charge in [-0.25, -0.2) is 4.39 Å². The molecule has 3 rings (SSSR count). The van der Waals surface area contributed by atoms with Crippen LogP contribution in [0.25, 0.3) is 0 Å². The lowest BCUT2D eigenvalue weighted by molar-refractivity contribution is 0.0157. The summed E-state index contributed by atoms with van der Waals surface area (Å²) in [7, 11) is 1.84. The Labute approximate surface area is 132 Å². The highest BCUT2D eigenvalue weighted by Gasteiger charge is 2.30. The first kappa shape index (κ1) is 14.7. The van der Waals surface area contributed by atoms with Gasteiger partial charge >= 0.3 is 0 Å². The van der Waals surface area contributed by atoms with Crippen molar-refractivity contribution in [3.05, 3.63) is 69.4 Å². The third-order valence-electron chi connectivity index (χ3n) is 3.94. The van der Waals surface area contributed by atoms with Crippen LogP contribution in [0.1, 0.15) is 28.8 Å². The van der Waals surface area contributed by atoms with E-state index in [0.717, 1.165) is 16.5 Å². The van der Waals surface area contributed by atoms with Gasteiger partial charge in [0.05, 0.1) is 12.6 Å². The molecule has 0 fully saturated rings. The van der Waals surface area contributed by atoms with Crippen molar-refractivity contribution in [1.82, 2.24) is 5.32 Å². The van der Waals surface area contributed by atoms with Gasteiger partial charge in [-0.15, -0.1) is 0 Å². The van der Waals surface area contributed by atoms with E-state index in [1.807, 2.05) is 25.2 Å². The summed E-state index contributed by atoms with van der Waals surface area (Å²) in [6, 6.07) is 13.0. The first-order chi connectivity index (χ1) is 10.2. The maximum absolute atomic E-state index is 14.2. The lowest BCUT2D eigenvalue weighted by atomic mass is 9.90. The highest BCUT2D eigenvalue weighted by Crippen LogP contribution is 2.38. The van der Waals surface area contributed by atoms with Crippen LogP contribution in [0.2, 0.25) is 0 Å². The molecule has 0 spiro atoms. The molecule has 0 bridgehead atoms. The van der Waals surface area contributed by atoms with E-state index in [9.17, 15) is 4.39 Å². The molecule has 1 aliphatic rings. The van der Waals surface area contributed by atoms with Crippen LogP contribution in [0.5, 0.6) is 0 Å². The van der Waals surface area contributed by atoms with Crippen molar-refractivity contribution in [3.63, 3.8) is 0 Å². The summed E-state index contributed by atoms with van der Waals surface area (Å²) < 4.78 is 21.0. The largest absolute Gasteiger partial charge is 0.371 e. The van der Waals surface area contributed by atoms with E-state index in [1.165, 1.54) is 11.6 Å². The van der Waals surface area contributed by atoms with Crippen LogP contribution in [0, 0.1) is 5.82 Å². The lowest BCUT2D eigenvalue weighted by Crippen LogP contribution is -2.30. The van der Waals surface area contributed by atoms with E-state index in [1.54, 1.807) is 6.07 Å². The molecular weight excluding hydrogens is 333 g/mol. The van der Waals surface area contributed by atoms with E-state index < -0.39 is 0 Å². The summed E-state index contributed by atoms with van der Waals surface area (Å²) in [5, 5.41) is 3.21. The summed E-state index contributed by atoms with van der Waals surface area (Å²) in [5.41, 5.74) is 3.04. The molecule has 2 unspecified atom stereocenters. The second-order valence-electron chi connectivity index (χ2n) is 5.17. The summed E-state index contributed by atoms with van der Waals surface area (Å²) >= 11 is 3.41. The number of halogens is 2. The van der Waals surface area contributed by atoms with Crippen LogP contribution >= 0.6 is 15.9 Å².